The number of hydrogen-bond acceptors (Lipinski definition) is 5. The molecule has 1 atom stereocenters. The molecule has 7 heteroatoms. The molecule has 150 valence electrons. The van der Waals surface area contributed by atoms with Gasteiger partial charge in [0.25, 0.3) is 11.5 Å². The fourth-order valence-electron chi connectivity index (χ4n) is 3.81. The van der Waals surface area contributed by atoms with Crippen LogP contribution in [0.15, 0.2) is 45.7 Å². The second-order valence-corrected chi connectivity index (χ2v) is 7.37. The third-order valence-corrected chi connectivity index (χ3v) is 5.43. The summed E-state index contributed by atoms with van der Waals surface area (Å²) < 4.78 is 5.21. The van der Waals surface area contributed by atoms with Gasteiger partial charge in [0.15, 0.2) is 0 Å². The van der Waals surface area contributed by atoms with E-state index in [0.717, 1.165) is 24.1 Å². The molecule has 1 fully saturated rings. The van der Waals surface area contributed by atoms with E-state index in [1.54, 1.807) is 11.0 Å². The molecule has 7 nitrogen and oxygen atoms in total. The number of aromatic nitrogens is 3. The highest BCUT2D eigenvalue weighted by Gasteiger charge is 2.34. The summed E-state index contributed by atoms with van der Waals surface area (Å²) in [7, 11) is 0. The smallest absolute Gasteiger partial charge is 0.293 e. The van der Waals surface area contributed by atoms with E-state index in [1.165, 1.54) is 0 Å². The minimum Gasteiger partial charge on any atom is -0.351 e. The van der Waals surface area contributed by atoms with Gasteiger partial charge in [0.1, 0.15) is 5.82 Å². The highest BCUT2D eigenvalue weighted by Crippen LogP contribution is 2.31. The highest BCUT2D eigenvalue weighted by atomic mass is 16.5. The molecule has 2 aromatic heterocycles. The molecule has 3 aromatic rings. The van der Waals surface area contributed by atoms with Gasteiger partial charge in [-0.25, -0.2) is 4.98 Å². The number of aryl methyl sites for hydroxylation is 2. The maximum absolute atomic E-state index is 12.9. The third kappa shape index (κ3) is 3.85. The van der Waals surface area contributed by atoms with Crippen molar-refractivity contribution in [1.29, 1.82) is 0 Å². The molecule has 1 aliphatic heterocycles. The van der Waals surface area contributed by atoms with E-state index in [2.05, 4.69) is 15.1 Å². The Balaban J connectivity index is 1.60. The van der Waals surface area contributed by atoms with Crippen molar-refractivity contribution in [3.8, 4) is 0 Å². The van der Waals surface area contributed by atoms with Gasteiger partial charge in [0.2, 0.25) is 5.76 Å². The van der Waals surface area contributed by atoms with Gasteiger partial charge in [-0.2, -0.15) is 0 Å². The molecule has 0 spiro atoms. The molecule has 3 heterocycles. The second kappa shape index (κ2) is 8.03. The van der Waals surface area contributed by atoms with Gasteiger partial charge in [-0.05, 0) is 31.7 Å². The topological polar surface area (TPSA) is 92.1 Å². The summed E-state index contributed by atoms with van der Waals surface area (Å²) in [5.74, 6) is 0.548. The average molecular weight is 392 g/mol. The zero-order chi connectivity index (χ0) is 20.4. The number of nitrogens with zero attached hydrogens (tertiary/aromatic N) is 3. The van der Waals surface area contributed by atoms with Crippen molar-refractivity contribution >= 4 is 5.91 Å². The van der Waals surface area contributed by atoms with Crippen LogP contribution in [-0.2, 0) is 12.8 Å². The summed E-state index contributed by atoms with van der Waals surface area (Å²) in [6.45, 7) is 4.40. The van der Waals surface area contributed by atoms with Crippen LogP contribution in [0.5, 0.6) is 0 Å². The van der Waals surface area contributed by atoms with Gasteiger partial charge in [0, 0.05) is 30.3 Å². The van der Waals surface area contributed by atoms with E-state index >= 15 is 0 Å². The molecule has 0 saturated carbocycles. The van der Waals surface area contributed by atoms with E-state index < -0.39 is 0 Å². The van der Waals surface area contributed by atoms with Crippen molar-refractivity contribution < 1.29 is 9.32 Å². The normalized spacial score (nSPS) is 16.3. The standard InChI is InChI=1S/C22H24N4O3/c1-3-16-13-19(29-25-16)22(28)26-11-7-10-18(26)20-23-14(2)17(21(27)24-20)12-15-8-5-4-6-9-15/h4-6,8-9,13,18H,3,7,10-12H2,1-2H3,(H,23,24,27)/t18-/m0/s1. The fourth-order valence-corrected chi connectivity index (χ4v) is 3.81. The maximum Gasteiger partial charge on any atom is 0.293 e. The summed E-state index contributed by atoms with van der Waals surface area (Å²) in [4.78, 5) is 35.0. The molecule has 1 amide bonds. The molecule has 1 aliphatic rings. The first kappa shape index (κ1) is 19.1. The monoisotopic (exact) mass is 392 g/mol. The number of hydrogen-bond donors (Lipinski definition) is 1. The van der Waals surface area contributed by atoms with Gasteiger partial charge >= 0.3 is 0 Å². The van der Waals surface area contributed by atoms with Crippen LogP contribution in [0.2, 0.25) is 0 Å². The first-order valence-corrected chi connectivity index (χ1v) is 9.97. The fraction of sp³-hybridized carbons (Fsp3) is 0.364. The van der Waals surface area contributed by atoms with Crippen LogP contribution in [-0.4, -0.2) is 32.5 Å². The summed E-state index contributed by atoms with van der Waals surface area (Å²) >= 11 is 0. The summed E-state index contributed by atoms with van der Waals surface area (Å²) in [6, 6.07) is 11.3. The van der Waals surface area contributed by atoms with Crippen molar-refractivity contribution in [1.82, 2.24) is 20.0 Å². The van der Waals surface area contributed by atoms with Crippen LogP contribution in [0.3, 0.4) is 0 Å². The molecule has 0 bridgehead atoms. The van der Waals surface area contributed by atoms with E-state index in [9.17, 15) is 9.59 Å². The number of carbonyl (C=O) groups excluding carboxylic acids is 1. The number of amides is 1. The predicted molar refractivity (Wildman–Crippen MR) is 108 cm³/mol. The lowest BCUT2D eigenvalue weighted by atomic mass is 10.0. The summed E-state index contributed by atoms with van der Waals surface area (Å²) in [5, 5.41) is 3.91. The molecule has 1 saturated heterocycles. The number of H-pyrrole nitrogens is 1. The van der Waals surface area contributed by atoms with Crippen LogP contribution >= 0.6 is 0 Å². The van der Waals surface area contributed by atoms with Crippen molar-refractivity contribution in [2.45, 2.75) is 45.6 Å². The number of benzene rings is 1. The lowest BCUT2D eigenvalue weighted by Gasteiger charge is -2.23. The Kier molecular flexibility index (Phi) is 5.29. The van der Waals surface area contributed by atoms with Crippen LogP contribution in [0.25, 0.3) is 0 Å². The molecule has 4 rings (SSSR count). The van der Waals surface area contributed by atoms with Crippen LogP contribution < -0.4 is 5.56 Å². The minimum atomic E-state index is -0.269. The lowest BCUT2D eigenvalue weighted by molar-refractivity contribution is 0.0687. The molecule has 0 aliphatic carbocycles. The molecule has 0 radical (unpaired) electrons. The van der Waals surface area contributed by atoms with E-state index in [-0.39, 0.29) is 23.3 Å². The number of likely N-dealkylation sites (tertiary alicyclic amines) is 1. The van der Waals surface area contributed by atoms with Crippen LogP contribution in [0.4, 0.5) is 0 Å². The number of aromatic amines is 1. The van der Waals surface area contributed by atoms with Gasteiger partial charge in [-0.3, -0.25) is 9.59 Å². The Hall–Kier alpha value is -3.22. The predicted octanol–water partition coefficient (Wildman–Crippen LogP) is 3.20. The summed E-state index contributed by atoms with van der Waals surface area (Å²) in [6.07, 6.45) is 2.83. The largest absolute Gasteiger partial charge is 0.351 e. The van der Waals surface area contributed by atoms with Gasteiger partial charge < -0.3 is 14.4 Å². The van der Waals surface area contributed by atoms with Crippen molar-refractivity contribution in [3.05, 3.63) is 80.9 Å². The van der Waals surface area contributed by atoms with Gasteiger partial charge in [0.05, 0.1) is 11.7 Å². The molecule has 0 unspecified atom stereocenters. The Bertz CT molecular complexity index is 1070. The minimum absolute atomic E-state index is 0.149. The average Bonchev–Trinajstić information content (AvgIpc) is 3.40. The first-order chi connectivity index (χ1) is 14.1. The second-order valence-electron chi connectivity index (χ2n) is 7.37. The highest BCUT2D eigenvalue weighted by molar-refractivity contribution is 5.91. The Morgan fingerprint density at radius 1 is 1.31 bits per heavy atom. The zero-order valence-electron chi connectivity index (χ0n) is 16.6. The third-order valence-electron chi connectivity index (χ3n) is 5.43. The van der Waals surface area contributed by atoms with E-state index in [0.29, 0.717) is 36.5 Å². The summed E-state index contributed by atoms with van der Waals surface area (Å²) in [5.41, 5.74) is 3.00. The van der Waals surface area contributed by atoms with Crippen LogP contribution in [0.1, 0.15) is 64.7 Å². The quantitative estimate of drug-likeness (QED) is 0.720. The van der Waals surface area contributed by atoms with Crippen molar-refractivity contribution in [2.75, 3.05) is 6.54 Å². The van der Waals surface area contributed by atoms with Crippen molar-refractivity contribution in [3.63, 3.8) is 0 Å². The number of carbonyl (C=O) groups is 1. The van der Waals surface area contributed by atoms with Crippen LogP contribution in [0, 0.1) is 6.92 Å². The maximum atomic E-state index is 12.9. The van der Waals surface area contributed by atoms with E-state index in [1.807, 2.05) is 44.2 Å². The Morgan fingerprint density at radius 2 is 2.10 bits per heavy atom. The molecule has 29 heavy (non-hydrogen) atoms. The SMILES string of the molecule is CCc1cc(C(=O)N2CCC[C@H]2c2nc(C)c(Cc3ccccc3)c(=O)[nH]2)on1. The van der Waals surface area contributed by atoms with E-state index in [4.69, 9.17) is 4.52 Å². The number of rotatable bonds is 5. The lowest BCUT2D eigenvalue weighted by Crippen LogP contribution is -2.33. The Morgan fingerprint density at radius 3 is 2.79 bits per heavy atom. The van der Waals surface area contributed by atoms with Gasteiger partial charge in [-0.15, -0.1) is 0 Å². The molecule has 1 aromatic carbocycles. The number of nitrogens with one attached hydrogen (secondary N) is 1. The molecular formula is C22H24N4O3. The van der Waals surface area contributed by atoms with Crippen molar-refractivity contribution in [2.24, 2.45) is 0 Å². The zero-order valence-corrected chi connectivity index (χ0v) is 16.6. The van der Waals surface area contributed by atoms with Gasteiger partial charge in [-0.1, -0.05) is 42.4 Å². The first-order valence-electron chi connectivity index (χ1n) is 9.97. The molecular weight excluding hydrogens is 368 g/mol. The Labute approximate surface area is 168 Å². The molecule has 1 N–H and O–H groups in total.